The quantitative estimate of drug-likeness (QED) is 0.772. The number of aromatic nitrogens is 1. The minimum Gasteiger partial charge on any atom is -0.320 e. The van der Waals surface area contributed by atoms with E-state index in [0.29, 0.717) is 0 Å². The van der Waals surface area contributed by atoms with Crippen molar-refractivity contribution in [3.8, 4) is 0 Å². The molecule has 0 radical (unpaired) electrons. The Bertz CT molecular complexity index is 693. The predicted octanol–water partition coefficient (Wildman–Crippen LogP) is 4.11. The Kier molecular flexibility index (Phi) is 3.16. The van der Waals surface area contributed by atoms with Gasteiger partial charge >= 0.3 is 0 Å². The number of benzene rings is 1. The lowest BCUT2D eigenvalue weighted by Crippen LogP contribution is -2.09. The first-order valence-electron chi connectivity index (χ1n) is 5.58. The molecule has 0 aliphatic heterocycles. The molecule has 0 aliphatic rings. The van der Waals surface area contributed by atoms with Crippen LogP contribution in [0.2, 0.25) is 0 Å². The normalized spacial score (nSPS) is 12.8. The van der Waals surface area contributed by atoms with Gasteiger partial charge in [0.1, 0.15) is 0 Å². The van der Waals surface area contributed by atoms with Gasteiger partial charge in [0.25, 0.3) is 0 Å². The Morgan fingerprint density at radius 3 is 2.89 bits per heavy atom. The molecule has 0 bridgehead atoms. The molecule has 1 aromatic carbocycles. The standard InChI is InChI=1S/C14H11BrN2S/c15-11-7-13(18-8-11)14(16)10-3-4-12-9(6-10)2-1-5-17-12/h1-8,14H,16H2. The van der Waals surface area contributed by atoms with Crippen molar-refractivity contribution in [3.05, 3.63) is 62.9 Å². The number of nitrogens with two attached hydrogens (primary N) is 1. The van der Waals surface area contributed by atoms with Gasteiger partial charge in [-0.25, -0.2) is 0 Å². The maximum absolute atomic E-state index is 6.29. The summed E-state index contributed by atoms with van der Waals surface area (Å²) < 4.78 is 1.08. The molecular weight excluding hydrogens is 308 g/mol. The number of thiophene rings is 1. The Balaban J connectivity index is 2.03. The van der Waals surface area contributed by atoms with Gasteiger partial charge in [-0.3, -0.25) is 4.98 Å². The predicted molar refractivity (Wildman–Crippen MR) is 79.8 cm³/mol. The van der Waals surface area contributed by atoms with E-state index in [0.717, 1.165) is 25.8 Å². The fourth-order valence-corrected chi connectivity index (χ4v) is 3.42. The highest BCUT2D eigenvalue weighted by Gasteiger charge is 2.11. The van der Waals surface area contributed by atoms with Crippen LogP contribution in [0.5, 0.6) is 0 Å². The molecule has 2 N–H and O–H groups in total. The fourth-order valence-electron chi connectivity index (χ4n) is 1.94. The third-order valence-electron chi connectivity index (χ3n) is 2.88. The summed E-state index contributed by atoms with van der Waals surface area (Å²) in [5, 5.41) is 3.18. The highest BCUT2D eigenvalue weighted by atomic mass is 79.9. The van der Waals surface area contributed by atoms with Gasteiger partial charge in [-0.05, 0) is 45.8 Å². The number of fused-ring (bicyclic) bond motifs is 1. The van der Waals surface area contributed by atoms with Gasteiger partial charge in [0.05, 0.1) is 11.6 Å². The van der Waals surface area contributed by atoms with Crippen LogP contribution >= 0.6 is 27.3 Å². The van der Waals surface area contributed by atoms with Crippen molar-refractivity contribution < 1.29 is 0 Å². The molecule has 2 aromatic heterocycles. The molecule has 2 nitrogen and oxygen atoms in total. The summed E-state index contributed by atoms with van der Waals surface area (Å²) in [7, 11) is 0. The molecular formula is C14H11BrN2S. The zero-order valence-electron chi connectivity index (χ0n) is 9.51. The van der Waals surface area contributed by atoms with Gasteiger partial charge in [0.2, 0.25) is 0 Å². The number of rotatable bonds is 2. The van der Waals surface area contributed by atoms with E-state index in [1.54, 1.807) is 17.5 Å². The number of hydrogen-bond acceptors (Lipinski definition) is 3. The average molecular weight is 319 g/mol. The lowest BCUT2D eigenvalue weighted by Gasteiger charge is -2.10. The zero-order chi connectivity index (χ0) is 12.5. The summed E-state index contributed by atoms with van der Waals surface area (Å²) in [5.74, 6) is 0. The van der Waals surface area contributed by atoms with Crippen LogP contribution in [-0.2, 0) is 0 Å². The van der Waals surface area contributed by atoms with E-state index in [1.165, 1.54) is 0 Å². The van der Waals surface area contributed by atoms with E-state index in [4.69, 9.17) is 5.73 Å². The van der Waals surface area contributed by atoms with Gasteiger partial charge < -0.3 is 5.73 Å². The molecule has 4 heteroatoms. The van der Waals surface area contributed by atoms with Crippen LogP contribution in [0.15, 0.2) is 52.4 Å². The molecule has 0 amide bonds. The van der Waals surface area contributed by atoms with E-state index in [9.17, 15) is 0 Å². The van der Waals surface area contributed by atoms with Crippen molar-refractivity contribution >= 4 is 38.2 Å². The van der Waals surface area contributed by atoms with Crippen molar-refractivity contribution in [2.24, 2.45) is 5.73 Å². The summed E-state index contributed by atoms with van der Waals surface area (Å²) in [6, 6.07) is 12.2. The van der Waals surface area contributed by atoms with Gasteiger partial charge in [0, 0.05) is 26.3 Å². The van der Waals surface area contributed by atoms with Crippen LogP contribution in [0, 0.1) is 0 Å². The summed E-state index contributed by atoms with van der Waals surface area (Å²) in [5.41, 5.74) is 8.41. The van der Waals surface area contributed by atoms with Crippen molar-refractivity contribution in [2.75, 3.05) is 0 Å². The zero-order valence-corrected chi connectivity index (χ0v) is 11.9. The van der Waals surface area contributed by atoms with Gasteiger partial charge in [-0.1, -0.05) is 12.1 Å². The summed E-state index contributed by atoms with van der Waals surface area (Å²) in [6.45, 7) is 0. The second-order valence-electron chi connectivity index (χ2n) is 4.10. The van der Waals surface area contributed by atoms with E-state index in [2.05, 4.69) is 44.5 Å². The highest BCUT2D eigenvalue weighted by molar-refractivity contribution is 9.10. The molecule has 0 aliphatic carbocycles. The number of pyridine rings is 1. The molecule has 1 atom stereocenters. The van der Waals surface area contributed by atoms with Gasteiger partial charge in [-0.15, -0.1) is 11.3 Å². The third kappa shape index (κ3) is 2.19. The first-order chi connectivity index (χ1) is 8.74. The van der Waals surface area contributed by atoms with E-state index >= 15 is 0 Å². The Morgan fingerprint density at radius 1 is 1.22 bits per heavy atom. The fraction of sp³-hybridized carbons (Fsp3) is 0.0714. The Labute approximate surface area is 118 Å². The molecule has 0 saturated carbocycles. The molecule has 0 fully saturated rings. The largest absolute Gasteiger partial charge is 0.320 e. The van der Waals surface area contributed by atoms with E-state index < -0.39 is 0 Å². The summed E-state index contributed by atoms with van der Waals surface area (Å²) in [4.78, 5) is 5.47. The Hall–Kier alpha value is -1.23. The molecule has 3 rings (SSSR count). The van der Waals surface area contributed by atoms with Crippen LogP contribution in [0.25, 0.3) is 10.9 Å². The molecule has 3 aromatic rings. The van der Waals surface area contributed by atoms with Crippen molar-refractivity contribution in [1.29, 1.82) is 0 Å². The van der Waals surface area contributed by atoms with Crippen LogP contribution < -0.4 is 5.73 Å². The van der Waals surface area contributed by atoms with Crippen molar-refractivity contribution in [3.63, 3.8) is 0 Å². The summed E-state index contributed by atoms with van der Waals surface area (Å²) >= 11 is 5.13. The monoisotopic (exact) mass is 318 g/mol. The minimum atomic E-state index is -0.0779. The average Bonchev–Trinajstić information content (AvgIpc) is 2.84. The van der Waals surface area contributed by atoms with Crippen LogP contribution in [0.4, 0.5) is 0 Å². The maximum atomic E-state index is 6.29. The smallest absolute Gasteiger partial charge is 0.0702 e. The highest BCUT2D eigenvalue weighted by Crippen LogP contribution is 2.29. The second kappa shape index (κ2) is 4.80. The number of hydrogen-bond donors (Lipinski definition) is 1. The van der Waals surface area contributed by atoms with Crippen LogP contribution in [0.3, 0.4) is 0 Å². The number of nitrogens with zero attached hydrogens (tertiary/aromatic N) is 1. The molecule has 0 spiro atoms. The van der Waals surface area contributed by atoms with Crippen LogP contribution in [0.1, 0.15) is 16.5 Å². The third-order valence-corrected chi connectivity index (χ3v) is 4.66. The lowest BCUT2D eigenvalue weighted by molar-refractivity contribution is 0.895. The minimum absolute atomic E-state index is 0.0779. The van der Waals surface area contributed by atoms with Crippen molar-refractivity contribution in [2.45, 2.75) is 6.04 Å². The van der Waals surface area contributed by atoms with E-state index in [1.807, 2.05) is 18.2 Å². The van der Waals surface area contributed by atoms with E-state index in [-0.39, 0.29) is 6.04 Å². The second-order valence-corrected chi connectivity index (χ2v) is 5.96. The maximum Gasteiger partial charge on any atom is 0.0702 e. The van der Waals surface area contributed by atoms with Gasteiger partial charge in [-0.2, -0.15) is 0 Å². The number of halogens is 1. The molecule has 1 unspecified atom stereocenters. The first kappa shape index (κ1) is 11.8. The molecule has 0 saturated heterocycles. The topological polar surface area (TPSA) is 38.9 Å². The van der Waals surface area contributed by atoms with Crippen molar-refractivity contribution in [1.82, 2.24) is 4.98 Å². The SMILES string of the molecule is NC(c1ccc2ncccc2c1)c1cc(Br)cs1. The molecule has 90 valence electrons. The van der Waals surface area contributed by atoms with Crippen LogP contribution in [-0.4, -0.2) is 4.98 Å². The molecule has 18 heavy (non-hydrogen) atoms. The molecule has 2 heterocycles. The first-order valence-corrected chi connectivity index (χ1v) is 7.25. The van der Waals surface area contributed by atoms with Gasteiger partial charge in [0.15, 0.2) is 0 Å². The Morgan fingerprint density at radius 2 is 2.11 bits per heavy atom. The lowest BCUT2D eigenvalue weighted by atomic mass is 10.0. The summed E-state index contributed by atoms with van der Waals surface area (Å²) in [6.07, 6.45) is 1.80.